The SMILES string of the molecule is CC[C@H](C)[C@@H]1NC(=O)[C@@H]2[C@H](CCN2C(=O)[C@H](Cc2ccccc2)NC)Oc2ccc(cc2)/C=C\NC1=O. The molecule has 8 nitrogen and oxygen atoms in total. The van der Waals surface area contributed by atoms with Gasteiger partial charge in [0.15, 0.2) is 0 Å². The van der Waals surface area contributed by atoms with Crippen LogP contribution in [0.4, 0.5) is 0 Å². The molecule has 3 amide bonds. The van der Waals surface area contributed by atoms with Crippen molar-refractivity contribution in [3.63, 3.8) is 0 Å². The number of nitrogens with zero attached hydrogens (tertiary/aromatic N) is 1. The Labute approximate surface area is 218 Å². The van der Waals surface area contributed by atoms with E-state index < -0.39 is 24.2 Å². The maximum atomic E-state index is 13.8. The van der Waals surface area contributed by atoms with Gasteiger partial charge in [0.2, 0.25) is 17.7 Å². The summed E-state index contributed by atoms with van der Waals surface area (Å²) < 4.78 is 6.27. The highest BCUT2D eigenvalue weighted by Crippen LogP contribution is 2.27. The van der Waals surface area contributed by atoms with E-state index in [1.54, 1.807) is 24.2 Å². The Kier molecular flexibility index (Phi) is 8.61. The highest BCUT2D eigenvalue weighted by molar-refractivity contribution is 5.94. The highest BCUT2D eigenvalue weighted by atomic mass is 16.5. The van der Waals surface area contributed by atoms with E-state index in [4.69, 9.17) is 4.74 Å². The maximum Gasteiger partial charge on any atom is 0.247 e. The first-order chi connectivity index (χ1) is 17.9. The average molecular weight is 505 g/mol. The van der Waals surface area contributed by atoms with Crippen molar-refractivity contribution in [2.24, 2.45) is 5.92 Å². The lowest BCUT2D eigenvalue weighted by Gasteiger charge is -2.32. The van der Waals surface area contributed by atoms with Crippen LogP contribution in [0.5, 0.6) is 5.75 Å². The quantitative estimate of drug-likeness (QED) is 0.561. The summed E-state index contributed by atoms with van der Waals surface area (Å²) in [6.07, 6.45) is 4.55. The number of likely N-dealkylation sites (tertiary alicyclic amines) is 1. The van der Waals surface area contributed by atoms with Crippen molar-refractivity contribution in [1.29, 1.82) is 0 Å². The second-order valence-electron chi connectivity index (χ2n) is 9.74. The molecule has 3 heterocycles. The molecule has 3 aliphatic rings. The first-order valence-corrected chi connectivity index (χ1v) is 13.0. The molecule has 5 atom stereocenters. The van der Waals surface area contributed by atoms with Crippen molar-refractivity contribution < 1.29 is 19.1 Å². The largest absolute Gasteiger partial charge is 0.488 e. The molecule has 8 heteroatoms. The number of rotatable bonds is 6. The van der Waals surface area contributed by atoms with Crippen LogP contribution in [0.1, 0.15) is 37.8 Å². The van der Waals surface area contributed by atoms with Gasteiger partial charge in [0, 0.05) is 19.2 Å². The maximum absolute atomic E-state index is 13.8. The monoisotopic (exact) mass is 504 g/mol. The highest BCUT2D eigenvalue weighted by Gasteiger charge is 2.46. The van der Waals surface area contributed by atoms with Crippen LogP contribution in [0.25, 0.3) is 6.08 Å². The van der Waals surface area contributed by atoms with Gasteiger partial charge in [0.1, 0.15) is 23.9 Å². The van der Waals surface area contributed by atoms with Gasteiger partial charge in [-0.15, -0.1) is 0 Å². The van der Waals surface area contributed by atoms with Crippen molar-refractivity contribution in [2.75, 3.05) is 13.6 Å². The molecule has 37 heavy (non-hydrogen) atoms. The van der Waals surface area contributed by atoms with E-state index in [9.17, 15) is 14.4 Å². The number of amides is 3. The van der Waals surface area contributed by atoms with Gasteiger partial charge < -0.3 is 25.6 Å². The number of ether oxygens (including phenoxy) is 1. The summed E-state index contributed by atoms with van der Waals surface area (Å²) in [6.45, 7) is 4.29. The van der Waals surface area contributed by atoms with Crippen LogP contribution < -0.4 is 20.7 Å². The molecular formula is C29H36N4O4. The minimum absolute atomic E-state index is 0.100. The first-order valence-electron chi connectivity index (χ1n) is 13.0. The van der Waals surface area contributed by atoms with Crippen molar-refractivity contribution >= 4 is 23.8 Å². The first kappa shape index (κ1) is 26.4. The molecule has 0 spiro atoms. The van der Waals surface area contributed by atoms with Gasteiger partial charge in [-0.25, -0.2) is 0 Å². The summed E-state index contributed by atoms with van der Waals surface area (Å²) in [4.78, 5) is 42.2. The average Bonchev–Trinajstić information content (AvgIpc) is 3.34. The fourth-order valence-electron chi connectivity index (χ4n) is 4.89. The Bertz CT molecular complexity index is 1120. The van der Waals surface area contributed by atoms with Crippen LogP contribution in [0.3, 0.4) is 0 Å². The lowest BCUT2D eigenvalue weighted by atomic mass is 9.97. The molecule has 0 unspecified atom stereocenters. The van der Waals surface area contributed by atoms with Crippen molar-refractivity contribution in [3.8, 4) is 5.75 Å². The van der Waals surface area contributed by atoms with Crippen LogP contribution in [0.2, 0.25) is 0 Å². The Morgan fingerprint density at radius 2 is 1.84 bits per heavy atom. The van der Waals surface area contributed by atoms with Crippen LogP contribution in [0, 0.1) is 5.92 Å². The third-order valence-corrected chi connectivity index (χ3v) is 7.29. The van der Waals surface area contributed by atoms with Crippen LogP contribution in [-0.2, 0) is 20.8 Å². The topological polar surface area (TPSA) is 99.8 Å². The molecule has 2 aromatic carbocycles. The molecule has 1 saturated heterocycles. The number of carbonyl (C=O) groups is 3. The fraction of sp³-hybridized carbons (Fsp3) is 0.414. The van der Waals surface area contributed by atoms with Gasteiger partial charge in [0.05, 0.1) is 6.04 Å². The molecule has 0 aromatic heterocycles. The molecule has 1 fully saturated rings. The van der Waals surface area contributed by atoms with E-state index in [0.717, 1.165) is 11.1 Å². The van der Waals surface area contributed by atoms with Crippen molar-refractivity contribution in [1.82, 2.24) is 20.9 Å². The number of benzene rings is 2. The third-order valence-electron chi connectivity index (χ3n) is 7.29. The van der Waals surface area contributed by atoms with Crippen LogP contribution in [-0.4, -0.2) is 60.4 Å². The molecule has 196 valence electrons. The predicted molar refractivity (Wildman–Crippen MR) is 143 cm³/mol. The molecular weight excluding hydrogens is 468 g/mol. The van der Waals surface area contributed by atoms with E-state index in [1.807, 2.05) is 68.4 Å². The van der Waals surface area contributed by atoms with Crippen molar-refractivity contribution in [3.05, 3.63) is 71.9 Å². The minimum Gasteiger partial charge on any atom is -0.488 e. The zero-order valence-electron chi connectivity index (χ0n) is 21.6. The summed E-state index contributed by atoms with van der Waals surface area (Å²) >= 11 is 0. The fourth-order valence-corrected chi connectivity index (χ4v) is 4.89. The number of fused-ring (bicyclic) bond motifs is 7. The Morgan fingerprint density at radius 3 is 2.51 bits per heavy atom. The Morgan fingerprint density at radius 1 is 1.11 bits per heavy atom. The lowest BCUT2D eigenvalue weighted by molar-refractivity contribution is -0.142. The van der Waals surface area contributed by atoms with Crippen molar-refractivity contribution in [2.45, 2.75) is 57.3 Å². The molecule has 2 aromatic rings. The lowest BCUT2D eigenvalue weighted by Crippen LogP contribution is -2.59. The third kappa shape index (κ3) is 6.20. The van der Waals surface area contributed by atoms with Gasteiger partial charge in [-0.3, -0.25) is 14.4 Å². The second-order valence-corrected chi connectivity index (χ2v) is 9.74. The van der Waals surface area contributed by atoms with Gasteiger partial charge >= 0.3 is 0 Å². The van der Waals surface area contributed by atoms with Gasteiger partial charge in [-0.05, 0) is 48.7 Å². The zero-order valence-corrected chi connectivity index (χ0v) is 21.6. The smallest absolute Gasteiger partial charge is 0.247 e. The van der Waals surface area contributed by atoms with E-state index >= 15 is 0 Å². The summed E-state index contributed by atoms with van der Waals surface area (Å²) in [6, 6.07) is 15.1. The summed E-state index contributed by atoms with van der Waals surface area (Å²) in [5.74, 6) is -0.317. The molecule has 0 radical (unpaired) electrons. The number of likely N-dealkylation sites (N-methyl/N-ethyl adjacent to an activating group) is 1. The van der Waals surface area contributed by atoms with E-state index in [2.05, 4.69) is 16.0 Å². The minimum atomic E-state index is -0.864. The molecule has 5 rings (SSSR count). The van der Waals surface area contributed by atoms with Gasteiger partial charge in [-0.2, -0.15) is 0 Å². The second kappa shape index (κ2) is 12.1. The Balaban J connectivity index is 1.65. The van der Waals surface area contributed by atoms with E-state index in [0.29, 0.717) is 31.6 Å². The van der Waals surface area contributed by atoms with E-state index in [-0.39, 0.29) is 23.6 Å². The molecule has 0 aliphatic carbocycles. The van der Waals surface area contributed by atoms with Crippen LogP contribution >= 0.6 is 0 Å². The van der Waals surface area contributed by atoms with Gasteiger partial charge in [-0.1, -0.05) is 62.7 Å². The number of hydrogen-bond donors (Lipinski definition) is 3. The van der Waals surface area contributed by atoms with Crippen LogP contribution in [0.15, 0.2) is 60.8 Å². The van der Waals surface area contributed by atoms with E-state index in [1.165, 1.54) is 0 Å². The normalized spacial score (nSPS) is 24.2. The summed E-state index contributed by atoms with van der Waals surface area (Å²) in [7, 11) is 1.75. The zero-order chi connectivity index (χ0) is 26.4. The summed E-state index contributed by atoms with van der Waals surface area (Å²) in [5.41, 5.74) is 1.94. The molecule has 3 aliphatic heterocycles. The summed E-state index contributed by atoms with van der Waals surface area (Å²) in [5, 5.41) is 8.87. The number of hydrogen-bond acceptors (Lipinski definition) is 5. The predicted octanol–water partition coefficient (Wildman–Crippen LogP) is 2.50. The molecule has 2 bridgehead atoms. The number of nitrogens with one attached hydrogen (secondary N) is 3. The van der Waals surface area contributed by atoms with Gasteiger partial charge in [0.25, 0.3) is 0 Å². The molecule has 0 saturated carbocycles. The standard InChI is InChI=1S/C29H36N4O4/c1-4-19(2)25-27(34)31-16-14-20-10-12-22(13-11-20)37-24-15-17-33(26(24)28(35)32-25)29(36)23(30-3)18-21-8-6-5-7-9-21/h5-14,16,19,23-26,30H,4,15,17-18H2,1-3H3,(H,31,34)(H,32,35)/b16-14-/t19-,23-,24-,25-,26-/m0/s1. The Hall–Kier alpha value is -3.65. The molecule has 3 N–H and O–H groups in total. The number of carbonyl (C=O) groups excluding carboxylic acids is 3.